The smallest absolute Gasteiger partial charge is 0.423 e. The van der Waals surface area contributed by atoms with Gasteiger partial charge in [-0.25, -0.2) is 19.6 Å². The summed E-state index contributed by atoms with van der Waals surface area (Å²) in [5.41, 5.74) is 0.180. The fraction of sp³-hybridized carbons (Fsp3) is 0.263. The predicted octanol–water partition coefficient (Wildman–Crippen LogP) is 3.31. The molecule has 0 unspecified atom stereocenters. The van der Waals surface area contributed by atoms with Crippen molar-refractivity contribution in [2.45, 2.75) is 25.9 Å². The minimum atomic E-state index is -4.59. The Labute approximate surface area is 179 Å². The van der Waals surface area contributed by atoms with Crippen LogP contribution in [-0.4, -0.2) is 38.1 Å². The molecular formula is C19H20ClN3O6S. The Bertz CT molecular complexity index is 1120. The molecule has 0 saturated carbocycles. The Morgan fingerprint density at radius 3 is 2.47 bits per heavy atom. The van der Waals surface area contributed by atoms with Gasteiger partial charge < -0.3 is 9.47 Å². The van der Waals surface area contributed by atoms with Gasteiger partial charge in [-0.15, -0.1) is 0 Å². The molecule has 2 aromatic rings. The fourth-order valence-electron chi connectivity index (χ4n) is 3.01. The first-order valence-electron chi connectivity index (χ1n) is 8.79. The number of nitrogens with zero attached hydrogens (tertiary/aromatic N) is 2. The number of carbonyl (C=O) groups excluding carboxylic acids is 2. The number of fused-ring (bicyclic) bond motifs is 1. The molecule has 2 aromatic carbocycles. The van der Waals surface area contributed by atoms with E-state index in [1.165, 1.54) is 24.3 Å². The zero-order valence-corrected chi connectivity index (χ0v) is 18.0. The SMILES string of the molecule is CN(C(=O)Oc1cccc2c1OC(C)(C)C2)C(=O)N(c1ccccc1Cl)S(N)(=O)=O. The number of urea groups is 1. The van der Waals surface area contributed by atoms with Crippen LogP contribution in [0.2, 0.25) is 5.02 Å². The summed E-state index contributed by atoms with van der Waals surface area (Å²) in [5, 5.41) is 5.15. The molecular weight excluding hydrogens is 434 g/mol. The highest BCUT2D eigenvalue weighted by molar-refractivity contribution is 7.91. The molecule has 0 saturated heterocycles. The molecule has 1 aliphatic rings. The monoisotopic (exact) mass is 453 g/mol. The van der Waals surface area contributed by atoms with Crippen molar-refractivity contribution in [1.82, 2.24) is 4.90 Å². The highest BCUT2D eigenvalue weighted by Crippen LogP contribution is 2.42. The van der Waals surface area contributed by atoms with Gasteiger partial charge >= 0.3 is 22.3 Å². The Hall–Kier alpha value is -2.82. The van der Waals surface area contributed by atoms with Gasteiger partial charge in [0, 0.05) is 19.0 Å². The lowest BCUT2D eigenvalue weighted by Gasteiger charge is -2.25. The summed E-state index contributed by atoms with van der Waals surface area (Å²) in [6.45, 7) is 3.78. The summed E-state index contributed by atoms with van der Waals surface area (Å²) in [6.07, 6.45) is -0.504. The number of halogens is 1. The van der Waals surface area contributed by atoms with Crippen molar-refractivity contribution in [1.29, 1.82) is 0 Å². The largest absolute Gasteiger partial charge is 0.483 e. The van der Waals surface area contributed by atoms with E-state index in [4.69, 9.17) is 26.2 Å². The van der Waals surface area contributed by atoms with Gasteiger partial charge in [-0.1, -0.05) is 35.9 Å². The summed E-state index contributed by atoms with van der Waals surface area (Å²) in [5.74, 6) is 0.508. The molecule has 1 heterocycles. The minimum absolute atomic E-state index is 0.0434. The standard InChI is InChI=1S/C19H20ClN3O6S/c1-19(2)11-12-7-6-10-15(16(12)29-19)28-18(25)22(3)17(24)23(30(21,26)27)14-9-5-4-8-13(14)20/h4-10H,11H2,1-3H3,(H2,21,26,27). The zero-order chi connectivity index (χ0) is 22.3. The van der Waals surface area contributed by atoms with Crippen molar-refractivity contribution < 1.29 is 27.5 Å². The van der Waals surface area contributed by atoms with Gasteiger partial charge in [-0.2, -0.15) is 12.7 Å². The summed E-state index contributed by atoms with van der Waals surface area (Å²) >= 11 is 6.01. The quantitative estimate of drug-likeness (QED) is 0.761. The summed E-state index contributed by atoms with van der Waals surface area (Å²) in [7, 11) is -3.53. The average Bonchev–Trinajstić information content (AvgIpc) is 2.96. The molecule has 0 bridgehead atoms. The molecule has 0 spiro atoms. The fourth-order valence-corrected chi connectivity index (χ4v) is 4.05. The number of para-hydroxylation sites is 2. The number of rotatable bonds is 3. The molecule has 160 valence electrons. The molecule has 9 nitrogen and oxygen atoms in total. The van der Waals surface area contributed by atoms with Gasteiger partial charge in [0.25, 0.3) is 0 Å². The molecule has 2 N–H and O–H groups in total. The number of hydrogen-bond donors (Lipinski definition) is 1. The molecule has 1 aliphatic heterocycles. The maximum atomic E-state index is 12.8. The van der Waals surface area contributed by atoms with E-state index >= 15 is 0 Å². The molecule has 11 heteroatoms. The van der Waals surface area contributed by atoms with Crippen LogP contribution in [0.3, 0.4) is 0 Å². The number of amides is 3. The van der Waals surface area contributed by atoms with Crippen LogP contribution in [-0.2, 0) is 16.6 Å². The highest BCUT2D eigenvalue weighted by Gasteiger charge is 2.36. The first-order chi connectivity index (χ1) is 13.9. The number of ether oxygens (including phenoxy) is 2. The second-order valence-electron chi connectivity index (χ2n) is 7.25. The summed E-state index contributed by atoms with van der Waals surface area (Å²) < 4.78 is 35.5. The second kappa shape index (κ2) is 7.78. The third kappa shape index (κ3) is 4.35. The topological polar surface area (TPSA) is 119 Å². The number of anilines is 1. The van der Waals surface area contributed by atoms with Gasteiger partial charge in [0.1, 0.15) is 5.60 Å². The Morgan fingerprint density at radius 2 is 1.83 bits per heavy atom. The second-order valence-corrected chi connectivity index (χ2v) is 9.06. The van der Waals surface area contributed by atoms with Crippen LogP contribution >= 0.6 is 11.6 Å². The van der Waals surface area contributed by atoms with Crippen LogP contribution in [0.4, 0.5) is 15.3 Å². The van der Waals surface area contributed by atoms with Crippen molar-refractivity contribution in [2.24, 2.45) is 5.14 Å². The number of carbonyl (C=O) groups is 2. The third-order valence-electron chi connectivity index (χ3n) is 4.31. The van der Waals surface area contributed by atoms with Crippen LogP contribution in [0, 0.1) is 0 Å². The summed E-state index contributed by atoms with van der Waals surface area (Å²) in [4.78, 5) is 25.9. The van der Waals surface area contributed by atoms with E-state index in [0.29, 0.717) is 17.1 Å². The van der Waals surface area contributed by atoms with Gasteiger partial charge in [-0.05, 0) is 32.0 Å². The van der Waals surface area contributed by atoms with Crippen LogP contribution < -0.4 is 18.9 Å². The Balaban J connectivity index is 1.87. The Kier molecular flexibility index (Phi) is 5.68. The lowest BCUT2D eigenvalue weighted by Crippen LogP contribution is -2.50. The third-order valence-corrected chi connectivity index (χ3v) is 5.49. The number of benzene rings is 2. The van der Waals surface area contributed by atoms with E-state index in [-0.39, 0.29) is 20.8 Å². The number of hydrogen-bond acceptors (Lipinski definition) is 6. The lowest BCUT2D eigenvalue weighted by molar-refractivity contribution is 0.130. The zero-order valence-electron chi connectivity index (χ0n) is 16.5. The first-order valence-corrected chi connectivity index (χ1v) is 10.7. The molecule has 0 radical (unpaired) electrons. The maximum absolute atomic E-state index is 12.8. The van der Waals surface area contributed by atoms with E-state index in [2.05, 4.69) is 0 Å². The molecule has 0 fully saturated rings. The molecule has 0 aliphatic carbocycles. The van der Waals surface area contributed by atoms with E-state index in [1.54, 1.807) is 12.1 Å². The van der Waals surface area contributed by atoms with Crippen LogP contribution in [0.25, 0.3) is 0 Å². The first kappa shape index (κ1) is 21.9. The highest BCUT2D eigenvalue weighted by atomic mass is 35.5. The van der Waals surface area contributed by atoms with Crippen molar-refractivity contribution in [3.8, 4) is 11.5 Å². The summed E-state index contributed by atoms with van der Waals surface area (Å²) in [6, 6.07) is 9.47. The van der Waals surface area contributed by atoms with Crippen LogP contribution in [0.1, 0.15) is 19.4 Å². The van der Waals surface area contributed by atoms with E-state index < -0.39 is 27.9 Å². The molecule has 30 heavy (non-hydrogen) atoms. The molecule has 0 atom stereocenters. The van der Waals surface area contributed by atoms with Gasteiger partial charge in [0.05, 0.1) is 10.7 Å². The maximum Gasteiger partial charge on any atom is 0.423 e. The van der Waals surface area contributed by atoms with Gasteiger partial charge in [0.2, 0.25) is 0 Å². The predicted molar refractivity (Wildman–Crippen MR) is 111 cm³/mol. The van der Waals surface area contributed by atoms with E-state index in [9.17, 15) is 18.0 Å². The van der Waals surface area contributed by atoms with Crippen LogP contribution in [0.15, 0.2) is 42.5 Å². The Morgan fingerprint density at radius 1 is 1.17 bits per heavy atom. The normalized spacial score (nSPS) is 14.4. The van der Waals surface area contributed by atoms with E-state index in [0.717, 1.165) is 12.6 Å². The van der Waals surface area contributed by atoms with Crippen LogP contribution in [0.5, 0.6) is 11.5 Å². The van der Waals surface area contributed by atoms with Gasteiger partial charge in [0.15, 0.2) is 11.5 Å². The molecule has 3 rings (SSSR count). The van der Waals surface area contributed by atoms with Crippen molar-refractivity contribution >= 4 is 39.6 Å². The van der Waals surface area contributed by atoms with Crippen molar-refractivity contribution in [3.05, 3.63) is 53.1 Å². The number of nitrogens with two attached hydrogens (primary N) is 1. The number of imide groups is 1. The van der Waals surface area contributed by atoms with E-state index in [1.807, 2.05) is 19.9 Å². The molecule has 3 amide bonds. The van der Waals surface area contributed by atoms with Gasteiger partial charge in [-0.3, -0.25) is 0 Å². The molecule has 0 aromatic heterocycles. The minimum Gasteiger partial charge on any atom is -0.483 e. The lowest BCUT2D eigenvalue weighted by atomic mass is 10.0. The van der Waals surface area contributed by atoms with Crippen molar-refractivity contribution in [3.63, 3.8) is 0 Å². The average molecular weight is 454 g/mol. The van der Waals surface area contributed by atoms with Crippen molar-refractivity contribution in [2.75, 3.05) is 11.4 Å².